The van der Waals surface area contributed by atoms with Gasteiger partial charge in [0.05, 0.1) is 22.5 Å². The number of hydrogen-bond acceptors (Lipinski definition) is 6. The van der Waals surface area contributed by atoms with Gasteiger partial charge in [-0.3, -0.25) is 14.7 Å². The largest absolute Gasteiger partial charge is 0.280 e. The van der Waals surface area contributed by atoms with Crippen LogP contribution in [0.2, 0.25) is 5.02 Å². The fourth-order valence-corrected chi connectivity index (χ4v) is 3.71. The molecular weight excluding hydrogens is 372 g/mol. The summed E-state index contributed by atoms with van der Waals surface area (Å²) in [4.78, 5) is 27.3. The van der Waals surface area contributed by atoms with Crippen molar-refractivity contribution in [2.75, 3.05) is 4.90 Å². The number of amides is 1. The van der Waals surface area contributed by atoms with Crippen molar-refractivity contribution in [3.8, 4) is 0 Å². The molecule has 0 fully saturated rings. The highest BCUT2D eigenvalue weighted by molar-refractivity contribution is 7.22. The Balaban J connectivity index is 1.69. The van der Waals surface area contributed by atoms with E-state index in [9.17, 15) is 4.79 Å². The number of thiazole rings is 1. The molecule has 3 aromatic heterocycles. The van der Waals surface area contributed by atoms with Crippen molar-refractivity contribution in [1.29, 1.82) is 0 Å². The monoisotopic (exact) mass is 384 g/mol. The molecule has 0 aliphatic carbocycles. The van der Waals surface area contributed by atoms with Crippen LogP contribution in [0, 0.1) is 0 Å². The van der Waals surface area contributed by atoms with Crippen LogP contribution in [0.5, 0.6) is 0 Å². The zero-order chi connectivity index (χ0) is 17.9. The summed E-state index contributed by atoms with van der Waals surface area (Å²) >= 11 is 7.48. The molecule has 1 aromatic carbocycles. The van der Waals surface area contributed by atoms with E-state index in [0.29, 0.717) is 16.7 Å². The van der Waals surface area contributed by atoms with Crippen molar-refractivity contribution >= 4 is 44.2 Å². The zero-order valence-electron chi connectivity index (χ0n) is 13.5. The van der Waals surface area contributed by atoms with Gasteiger partial charge in [0.15, 0.2) is 5.13 Å². The Labute approximate surface area is 157 Å². The van der Waals surface area contributed by atoms with E-state index in [1.54, 1.807) is 17.2 Å². The summed E-state index contributed by atoms with van der Waals surface area (Å²) in [5, 5.41) is 5.23. The smallest absolute Gasteiger partial charge is 0.250 e. The second-order valence-corrected chi connectivity index (χ2v) is 6.95. The van der Waals surface area contributed by atoms with E-state index in [2.05, 4.69) is 20.1 Å². The number of benzene rings is 1. The number of hydrogen-bond donors (Lipinski definition) is 0. The maximum Gasteiger partial charge on any atom is 0.250 e. The predicted molar refractivity (Wildman–Crippen MR) is 100 cm³/mol. The topological polar surface area (TPSA) is 76.8 Å². The van der Waals surface area contributed by atoms with Crippen LogP contribution in [0.25, 0.3) is 10.2 Å². The number of pyridine rings is 1. The summed E-state index contributed by atoms with van der Waals surface area (Å²) in [6, 6.07) is 11.1. The quantitative estimate of drug-likeness (QED) is 0.528. The maximum atomic E-state index is 12.9. The van der Waals surface area contributed by atoms with Crippen molar-refractivity contribution in [2.24, 2.45) is 0 Å². The van der Waals surface area contributed by atoms with Crippen LogP contribution < -0.4 is 4.90 Å². The predicted octanol–water partition coefficient (Wildman–Crippen LogP) is 3.17. The maximum absolute atomic E-state index is 12.9. The number of aromatic nitrogens is 5. The zero-order valence-corrected chi connectivity index (χ0v) is 15.1. The highest BCUT2D eigenvalue weighted by Crippen LogP contribution is 2.31. The molecule has 0 spiro atoms. The van der Waals surface area contributed by atoms with Crippen LogP contribution >= 0.6 is 22.9 Å². The Morgan fingerprint density at radius 3 is 2.96 bits per heavy atom. The molecule has 0 aliphatic heterocycles. The average Bonchev–Trinajstić information content (AvgIpc) is 3.29. The summed E-state index contributed by atoms with van der Waals surface area (Å²) in [6.07, 6.45) is 4.61. The number of rotatable bonds is 5. The van der Waals surface area contributed by atoms with Gasteiger partial charge < -0.3 is 0 Å². The van der Waals surface area contributed by atoms with Gasteiger partial charge in [-0.05, 0) is 30.3 Å². The fraction of sp³-hybridized carbons (Fsp3) is 0.118. The molecule has 7 nitrogen and oxygen atoms in total. The highest BCUT2D eigenvalue weighted by Gasteiger charge is 2.21. The first-order valence-corrected chi connectivity index (χ1v) is 8.97. The molecule has 130 valence electrons. The van der Waals surface area contributed by atoms with E-state index < -0.39 is 0 Å². The third kappa shape index (κ3) is 3.56. The van der Waals surface area contributed by atoms with Crippen LogP contribution in [0.3, 0.4) is 0 Å². The lowest BCUT2D eigenvalue weighted by molar-refractivity contribution is -0.119. The second kappa shape index (κ2) is 7.19. The molecule has 9 heteroatoms. The molecule has 4 aromatic rings. The molecule has 0 atom stereocenters. The number of carbonyl (C=O) groups excluding carboxylic acids is 1. The minimum Gasteiger partial charge on any atom is -0.280 e. The van der Waals surface area contributed by atoms with Crippen LogP contribution in [-0.2, 0) is 17.9 Å². The number of carbonyl (C=O) groups is 1. The third-order valence-corrected chi connectivity index (χ3v) is 4.96. The Morgan fingerprint density at radius 2 is 2.19 bits per heavy atom. The first-order valence-electron chi connectivity index (χ1n) is 7.78. The van der Waals surface area contributed by atoms with Gasteiger partial charge in [0.25, 0.3) is 5.91 Å². The molecule has 4 rings (SSSR count). The van der Waals surface area contributed by atoms with E-state index in [1.165, 1.54) is 28.7 Å². The van der Waals surface area contributed by atoms with E-state index in [1.807, 2.05) is 30.3 Å². The lowest BCUT2D eigenvalue weighted by Gasteiger charge is -2.19. The summed E-state index contributed by atoms with van der Waals surface area (Å²) in [7, 11) is 0. The van der Waals surface area contributed by atoms with Crippen molar-refractivity contribution in [3.63, 3.8) is 0 Å². The van der Waals surface area contributed by atoms with Gasteiger partial charge in [0.2, 0.25) is 0 Å². The summed E-state index contributed by atoms with van der Waals surface area (Å²) in [6.45, 7) is 0.394. The van der Waals surface area contributed by atoms with Crippen molar-refractivity contribution < 1.29 is 4.79 Å². The van der Waals surface area contributed by atoms with Gasteiger partial charge >= 0.3 is 0 Å². The molecule has 26 heavy (non-hydrogen) atoms. The second-order valence-electron chi connectivity index (χ2n) is 5.50. The van der Waals surface area contributed by atoms with Crippen LogP contribution in [0.4, 0.5) is 5.13 Å². The molecular formula is C17H13ClN6OS. The summed E-state index contributed by atoms with van der Waals surface area (Å²) in [5.41, 5.74) is 1.57. The van der Waals surface area contributed by atoms with Gasteiger partial charge in [0, 0.05) is 11.2 Å². The van der Waals surface area contributed by atoms with Crippen molar-refractivity contribution in [2.45, 2.75) is 13.1 Å². The normalized spacial score (nSPS) is 11.0. The summed E-state index contributed by atoms with van der Waals surface area (Å²) in [5.74, 6) is -0.147. The Hall–Kier alpha value is -2.84. The first-order chi connectivity index (χ1) is 12.7. The van der Waals surface area contributed by atoms with Gasteiger partial charge in [-0.25, -0.2) is 14.6 Å². The Bertz CT molecular complexity index is 1030. The van der Waals surface area contributed by atoms with Crippen LogP contribution in [-0.4, -0.2) is 30.6 Å². The van der Waals surface area contributed by atoms with E-state index in [-0.39, 0.29) is 12.5 Å². The van der Waals surface area contributed by atoms with Gasteiger partial charge in [-0.15, -0.1) is 0 Å². The van der Waals surface area contributed by atoms with Gasteiger partial charge in [-0.1, -0.05) is 29.0 Å². The fourth-order valence-electron chi connectivity index (χ4n) is 2.46. The number of anilines is 1. The van der Waals surface area contributed by atoms with E-state index in [0.717, 1.165) is 15.9 Å². The van der Waals surface area contributed by atoms with Gasteiger partial charge in [0.1, 0.15) is 19.2 Å². The molecule has 0 saturated carbocycles. The number of fused-ring (bicyclic) bond motifs is 1. The molecule has 0 aliphatic rings. The minimum atomic E-state index is -0.147. The lowest BCUT2D eigenvalue weighted by atomic mass is 10.3. The van der Waals surface area contributed by atoms with Gasteiger partial charge in [-0.2, -0.15) is 5.10 Å². The van der Waals surface area contributed by atoms with Crippen molar-refractivity contribution in [3.05, 3.63) is 66.0 Å². The molecule has 0 bridgehead atoms. The lowest BCUT2D eigenvalue weighted by Crippen LogP contribution is -2.33. The molecule has 0 unspecified atom stereocenters. The SMILES string of the molecule is O=C(Cn1cncn1)N(Cc1ccccn1)c1nc2ccc(Cl)cc2s1. The molecule has 0 saturated heterocycles. The van der Waals surface area contributed by atoms with E-state index in [4.69, 9.17) is 11.6 Å². The number of nitrogens with zero attached hydrogens (tertiary/aromatic N) is 6. The highest BCUT2D eigenvalue weighted by atomic mass is 35.5. The first kappa shape index (κ1) is 16.6. The average molecular weight is 385 g/mol. The standard InChI is InChI=1S/C17H13ClN6OS/c18-12-4-5-14-15(7-12)26-17(22-14)24(8-13-3-1-2-6-20-13)16(25)9-23-11-19-10-21-23/h1-7,10-11H,8-9H2. The number of halogens is 1. The third-order valence-electron chi connectivity index (χ3n) is 3.68. The van der Waals surface area contributed by atoms with Crippen molar-refractivity contribution in [1.82, 2.24) is 24.7 Å². The molecule has 1 amide bonds. The van der Waals surface area contributed by atoms with E-state index >= 15 is 0 Å². The Kier molecular flexibility index (Phi) is 4.59. The molecule has 0 N–H and O–H groups in total. The molecule has 0 radical (unpaired) electrons. The summed E-state index contributed by atoms with van der Waals surface area (Å²) < 4.78 is 2.41. The van der Waals surface area contributed by atoms with Crippen LogP contribution in [0.15, 0.2) is 55.2 Å². The minimum absolute atomic E-state index is 0.0729. The van der Waals surface area contributed by atoms with Crippen LogP contribution in [0.1, 0.15) is 5.69 Å². The Morgan fingerprint density at radius 1 is 1.27 bits per heavy atom. The molecule has 3 heterocycles.